The van der Waals surface area contributed by atoms with Gasteiger partial charge in [-0.1, -0.05) is 12.2 Å². The summed E-state index contributed by atoms with van der Waals surface area (Å²) >= 11 is 0. The number of rotatable bonds is 3. The van der Waals surface area contributed by atoms with E-state index >= 15 is 0 Å². The van der Waals surface area contributed by atoms with E-state index in [2.05, 4.69) is 15.3 Å². The molecule has 0 unspecified atom stereocenters. The molecule has 0 aliphatic heterocycles. The van der Waals surface area contributed by atoms with Gasteiger partial charge in [0.05, 0.1) is 0 Å². The molecule has 3 nitrogen and oxygen atoms in total. The van der Waals surface area contributed by atoms with Crippen LogP contribution in [0.3, 0.4) is 0 Å². The number of hydrogen-bond donors (Lipinski definition) is 1. The van der Waals surface area contributed by atoms with Crippen LogP contribution in [0, 0.1) is 6.92 Å². The molecule has 1 heterocycles. The van der Waals surface area contributed by atoms with Gasteiger partial charge in [0.15, 0.2) is 0 Å². The van der Waals surface area contributed by atoms with Crippen molar-refractivity contribution in [2.24, 2.45) is 0 Å². The Morgan fingerprint density at radius 1 is 1.42 bits per heavy atom. The lowest BCUT2D eigenvalue weighted by molar-refractivity contribution is 1.09. The van der Waals surface area contributed by atoms with Crippen molar-refractivity contribution in [3.8, 4) is 0 Å². The van der Waals surface area contributed by atoms with Crippen LogP contribution in [0.15, 0.2) is 24.5 Å². The summed E-state index contributed by atoms with van der Waals surface area (Å²) in [6.07, 6.45) is 7.60. The molecule has 1 N–H and O–H groups in total. The standard InChI is InChI=1S/C9H13N3/c1-3-4-5-10-9-11-6-8(2)7-12-9/h3-4,6-7H,5H2,1-2H3,(H,10,11,12)/b4-3+. The Balaban J connectivity index is 2.47. The fourth-order valence-corrected chi connectivity index (χ4v) is 0.752. The van der Waals surface area contributed by atoms with Gasteiger partial charge in [0.2, 0.25) is 5.95 Å². The Kier molecular flexibility index (Phi) is 3.26. The molecule has 0 aliphatic carbocycles. The van der Waals surface area contributed by atoms with Gasteiger partial charge in [0.1, 0.15) is 0 Å². The molecule has 64 valence electrons. The van der Waals surface area contributed by atoms with E-state index in [0.29, 0.717) is 5.95 Å². The molecule has 1 aromatic heterocycles. The Hall–Kier alpha value is -1.38. The highest BCUT2D eigenvalue weighted by Gasteiger charge is 1.90. The second-order valence-electron chi connectivity index (χ2n) is 2.53. The van der Waals surface area contributed by atoms with Gasteiger partial charge in [-0.15, -0.1) is 0 Å². The minimum Gasteiger partial charge on any atom is -0.351 e. The minimum absolute atomic E-state index is 0.679. The first-order chi connectivity index (χ1) is 5.83. The van der Waals surface area contributed by atoms with E-state index in [9.17, 15) is 0 Å². The summed E-state index contributed by atoms with van der Waals surface area (Å²) in [5, 5.41) is 3.06. The van der Waals surface area contributed by atoms with Gasteiger partial charge in [-0.2, -0.15) is 0 Å². The molecule has 0 aliphatic rings. The number of anilines is 1. The van der Waals surface area contributed by atoms with Crippen LogP contribution >= 0.6 is 0 Å². The maximum absolute atomic E-state index is 4.09. The van der Waals surface area contributed by atoms with Crippen molar-refractivity contribution in [3.63, 3.8) is 0 Å². The van der Waals surface area contributed by atoms with Gasteiger partial charge < -0.3 is 5.32 Å². The van der Waals surface area contributed by atoms with E-state index in [1.807, 2.05) is 26.0 Å². The van der Waals surface area contributed by atoms with Gasteiger partial charge in [-0.3, -0.25) is 0 Å². The molecule has 12 heavy (non-hydrogen) atoms. The van der Waals surface area contributed by atoms with Crippen molar-refractivity contribution in [1.82, 2.24) is 9.97 Å². The number of nitrogens with zero attached hydrogens (tertiary/aromatic N) is 2. The van der Waals surface area contributed by atoms with E-state index in [-0.39, 0.29) is 0 Å². The lowest BCUT2D eigenvalue weighted by atomic mass is 10.4. The van der Waals surface area contributed by atoms with Crippen LogP contribution in [0.1, 0.15) is 12.5 Å². The summed E-state index contributed by atoms with van der Waals surface area (Å²) in [6.45, 7) is 4.73. The first kappa shape index (κ1) is 8.71. The number of allylic oxidation sites excluding steroid dienone is 1. The molecule has 1 rings (SSSR count). The van der Waals surface area contributed by atoms with Crippen molar-refractivity contribution in [2.45, 2.75) is 13.8 Å². The van der Waals surface area contributed by atoms with Gasteiger partial charge in [0.25, 0.3) is 0 Å². The van der Waals surface area contributed by atoms with Gasteiger partial charge >= 0.3 is 0 Å². The zero-order chi connectivity index (χ0) is 8.81. The zero-order valence-electron chi connectivity index (χ0n) is 7.41. The Morgan fingerprint density at radius 3 is 2.67 bits per heavy atom. The summed E-state index contributed by atoms with van der Waals surface area (Å²) in [7, 11) is 0. The molecule has 0 aromatic carbocycles. The van der Waals surface area contributed by atoms with Crippen molar-refractivity contribution < 1.29 is 0 Å². The van der Waals surface area contributed by atoms with Crippen LogP contribution < -0.4 is 5.32 Å². The third kappa shape index (κ3) is 2.70. The fraction of sp³-hybridized carbons (Fsp3) is 0.333. The van der Waals surface area contributed by atoms with Gasteiger partial charge in [-0.05, 0) is 19.4 Å². The maximum atomic E-state index is 4.09. The highest BCUT2D eigenvalue weighted by Crippen LogP contribution is 1.97. The van der Waals surface area contributed by atoms with Gasteiger partial charge in [0, 0.05) is 18.9 Å². The average molecular weight is 163 g/mol. The van der Waals surface area contributed by atoms with Crippen molar-refractivity contribution in [2.75, 3.05) is 11.9 Å². The first-order valence-electron chi connectivity index (χ1n) is 3.96. The number of aromatic nitrogens is 2. The molecule has 0 saturated heterocycles. The van der Waals surface area contributed by atoms with Crippen LogP contribution in [0.2, 0.25) is 0 Å². The molecule has 1 aromatic rings. The van der Waals surface area contributed by atoms with Crippen molar-refractivity contribution >= 4 is 5.95 Å². The van der Waals surface area contributed by atoms with Crippen LogP contribution in [0.4, 0.5) is 5.95 Å². The quantitative estimate of drug-likeness (QED) is 0.690. The molecule has 0 bridgehead atoms. The predicted octanol–water partition coefficient (Wildman–Crippen LogP) is 1.77. The normalized spacial score (nSPS) is 10.5. The second kappa shape index (κ2) is 4.49. The van der Waals surface area contributed by atoms with Crippen LogP contribution in [-0.2, 0) is 0 Å². The lowest BCUT2D eigenvalue weighted by Crippen LogP contribution is -2.02. The van der Waals surface area contributed by atoms with Crippen molar-refractivity contribution in [1.29, 1.82) is 0 Å². The van der Waals surface area contributed by atoms with E-state index in [1.54, 1.807) is 12.4 Å². The third-order valence-corrected chi connectivity index (χ3v) is 1.39. The maximum Gasteiger partial charge on any atom is 0.222 e. The summed E-state index contributed by atoms with van der Waals surface area (Å²) in [5.74, 6) is 0.679. The van der Waals surface area contributed by atoms with E-state index < -0.39 is 0 Å². The molecule has 0 atom stereocenters. The number of aryl methyl sites for hydroxylation is 1. The van der Waals surface area contributed by atoms with E-state index in [4.69, 9.17) is 0 Å². The molecular formula is C9H13N3. The monoisotopic (exact) mass is 163 g/mol. The van der Waals surface area contributed by atoms with E-state index in [1.165, 1.54) is 0 Å². The van der Waals surface area contributed by atoms with E-state index in [0.717, 1.165) is 12.1 Å². The lowest BCUT2D eigenvalue weighted by Gasteiger charge is -1.99. The molecule has 0 spiro atoms. The molecule has 0 saturated carbocycles. The van der Waals surface area contributed by atoms with Crippen molar-refractivity contribution in [3.05, 3.63) is 30.1 Å². The van der Waals surface area contributed by atoms with Crippen LogP contribution in [0.25, 0.3) is 0 Å². The Morgan fingerprint density at radius 2 is 2.08 bits per heavy atom. The summed E-state index contributed by atoms with van der Waals surface area (Å²) in [4.78, 5) is 8.19. The highest BCUT2D eigenvalue weighted by molar-refractivity contribution is 5.25. The zero-order valence-corrected chi connectivity index (χ0v) is 7.41. The number of nitrogens with one attached hydrogen (secondary N) is 1. The first-order valence-corrected chi connectivity index (χ1v) is 3.96. The minimum atomic E-state index is 0.679. The predicted molar refractivity (Wildman–Crippen MR) is 50.1 cm³/mol. The highest BCUT2D eigenvalue weighted by atomic mass is 15.1. The molecule has 0 amide bonds. The Labute approximate surface area is 72.6 Å². The summed E-state index contributed by atoms with van der Waals surface area (Å²) in [6, 6.07) is 0. The number of hydrogen-bond acceptors (Lipinski definition) is 3. The topological polar surface area (TPSA) is 37.8 Å². The summed E-state index contributed by atoms with van der Waals surface area (Å²) in [5.41, 5.74) is 1.08. The SMILES string of the molecule is C/C=C/CNc1ncc(C)cn1. The third-order valence-electron chi connectivity index (χ3n) is 1.39. The van der Waals surface area contributed by atoms with Crippen LogP contribution in [-0.4, -0.2) is 16.5 Å². The molecular weight excluding hydrogens is 150 g/mol. The Bertz CT molecular complexity index is 251. The smallest absolute Gasteiger partial charge is 0.222 e. The summed E-state index contributed by atoms with van der Waals surface area (Å²) < 4.78 is 0. The fourth-order valence-electron chi connectivity index (χ4n) is 0.752. The average Bonchev–Trinajstić information content (AvgIpc) is 2.09. The molecule has 0 radical (unpaired) electrons. The molecule has 3 heteroatoms. The van der Waals surface area contributed by atoms with Gasteiger partial charge in [-0.25, -0.2) is 9.97 Å². The van der Waals surface area contributed by atoms with Crippen LogP contribution in [0.5, 0.6) is 0 Å². The second-order valence-corrected chi connectivity index (χ2v) is 2.53. The largest absolute Gasteiger partial charge is 0.351 e. The molecule has 0 fully saturated rings.